The molecule has 6 nitrogen and oxygen atoms in total. The number of nitrogens with one attached hydrogen (secondary N) is 2. The van der Waals surface area contributed by atoms with Gasteiger partial charge in [-0.15, -0.1) is 0 Å². The molecule has 1 heterocycles. The van der Waals surface area contributed by atoms with E-state index in [0.29, 0.717) is 5.92 Å². The molecular formula is C21H36N4O2. The maximum atomic E-state index is 5.61. The van der Waals surface area contributed by atoms with E-state index in [-0.39, 0.29) is 11.5 Å². The third-order valence-corrected chi connectivity index (χ3v) is 5.20. The van der Waals surface area contributed by atoms with E-state index in [9.17, 15) is 0 Å². The van der Waals surface area contributed by atoms with Crippen LogP contribution in [0.15, 0.2) is 29.3 Å². The van der Waals surface area contributed by atoms with Gasteiger partial charge in [0.25, 0.3) is 0 Å². The predicted octanol–water partition coefficient (Wildman–Crippen LogP) is 2.75. The summed E-state index contributed by atoms with van der Waals surface area (Å²) < 4.78 is 11.1. The van der Waals surface area contributed by atoms with Crippen LogP contribution in [0.3, 0.4) is 0 Å². The van der Waals surface area contributed by atoms with Crippen LogP contribution >= 0.6 is 0 Å². The summed E-state index contributed by atoms with van der Waals surface area (Å²) in [6.07, 6.45) is 1.29. The molecule has 1 aromatic carbocycles. The lowest BCUT2D eigenvalue weighted by Gasteiger charge is -2.30. The molecule has 0 amide bonds. The maximum Gasteiger partial charge on any atom is 0.191 e. The molecule has 1 aliphatic heterocycles. The van der Waals surface area contributed by atoms with Crippen molar-refractivity contribution in [2.45, 2.75) is 33.3 Å². The van der Waals surface area contributed by atoms with Gasteiger partial charge in [0.2, 0.25) is 0 Å². The summed E-state index contributed by atoms with van der Waals surface area (Å²) in [5, 5.41) is 6.86. The molecule has 27 heavy (non-hydrogen) atoms. The Morgan fingerprint density at radius 3 is 2.63 bits per heavy atom. The van der Waals surface area contributed by atoms with Gasteiger partial charge in [0, 0.05) is 40.3 Å². The SMILES string of the molecule is CN=C(NCC1CCN(c2ccccc2OC)C1)NCC(OC)C(C)(C)C. The number of para-hydroxylation sites is 2. The minimum absolute atomic E-state index is 0.0846. The molecular weight excluding hydrogens is 340 g/mol. The smallest absolute Gasteiger partial charge is 0.191 e. The van der Waals surface area contributed by atoms with Gasteiger partial charge >= 0.3 is 0 Å². The minimum atomic E-state index is 0.0846. The van der Waals surface area contributed by atoms with Crippen molar-refractivity contribution in [3.05, 3.63) is 24.3 Å². The van der Waals surface area contributed by atoms with E-state index < -0.39 is 0 Å². The zero-order valence-electron chi connectivity index (χ0n) is 17.7. The van der Waals surface area contributed by atoms with Crippen molar-refractivity contribution in [1.82, 2.24) is 10.6 Å². The number of guanidine groups is 1. The van der Waals surface area contributed by atoms with Crippen LogP contribution < -0.4 is 20.3 Å². The molecule has 6 heteroatoms. The summed E-state index contributed by atoms with van der Waals surface area (Å²) in [6.45, 7) is 10.3. The highest BCUT2D eigenvalue weighted by molar-refractivity contribution is 5.79. The lowest BCUT2D eigenvalue weighted by Crippen LogP contribution is -2.46. The van der Waals surface area contributed by atoms with Crippen molar-refractivity contribution in [3.63, 3.8) is 0 Å². The van der Waals surface area contributed by atoms with Gasteiger partial charge in [-0.3, -0.25) is 4.99 Å². The van der Waals surface area contributed by atoms with Crippen molar-refractivity contribution in [3.8, 4) is 5.75 Å². The Hall–Kier alpha value is -1.95. The number of benzene rings is 1. The summed E-state index contributed by atoms with van der Waals surface area (Å²) in [6, 6.07) is 8.23. The largest absolute Gasteiger partial charge is 0.495 e. The Labute approximate surface area is 164 Å². The molecule has 0 spiro atoms. The topological polar surface area (TPSA) is 58.1 Å². The third-order valence-electron chi connectivity index (χ3n) is 5.20. The molecule has 2 N–H and O–H groups in total. The number of anilines is 1. The predicted molar refractivity (Wildman–Crippen MR) is 113 cm³/mol. The molecule has 0 bridgehead atoms. The molecule has 0 saturated carbocycles. The second-order valence-corrected chi connectivity index (χ2v) is 8.20. The van der Waals surface area contributed by atoms with Crippen molar-refractivity contribution in [1.29, 1.82) is 0 Å². The third kappa shape index (κ3) is 6.03. The quantitative estimate of drug-likeness (QED) is 0.566. The van der Waals surface area contributed by atoms with Crippen LogP contribution in [-0.2, 0) is 4.74 Å². The van der Waals surface area contributed by atoms with Gasteiger partial charge in [-0.1, -0.05) is 32.9 Å². The van der Waals surface area contributed by atoms with Crippen molar-refractivity contribution < 1.29 is 9.47 Å². The lowest BCUT2D eigenvalue weighted by atomic mass is 9.89. The molecule has 0 radical (unpaired) electrons. The first-order valence-electron chi connectivity index (χ1n) is 9.74. The van der Waals surface area contributed by atoms with Crippen LogP contribution in [-0.4, -0.2) is 59.5 Å². The zero-order chi connectivity index (χ0) is 19.9. The maximum absolute atomic E-state index is 5.61. The second kappa shape index (κ2) is 9.83. The Balaban J connectivity index is 1.82. The first kappa shape index (κ1) is 21.4. The molecule has 1 aliphatic rings. The summed E-state index contributed by atoms with van der Waals surface area (Å²) in [5.74, 6) is 2.35. The van der Waals surface area contributed by atoms with Gasteiger partial charge in [0.1, 0.15) is 5.75 Å². The fourth-order valence-electron chi connectivity index (χ4n) is 3.50. The number of rotatable bonds is 7. The highest BCUT2D eigenvalue weighted by Crippen LogP contribution is 2.31. The summed E-state index contributed by atoms with van der Waals surface area (Å²) in [5.41, 5.74) is 1.26. The van der Waals surface area contributed by atoms with Gasteiger partial charge in [0.15, 0.2) is 5.96 Å². The average molecular weight is 377 g/mol. The number of hydrogen-bond donors (Lipinski definition) is 2. The molecule has 152 valence electrons. The van der Waals surface area contributed by atoms with Gasteiger partial charge < -0.3 is 25.0 Å². The van der Waals surface area contributed by atoms with Gasteiger partial charge in [-0.2, -0.15) is 0 Å². The minimum Gasteiger partial charge on any atom is -0.495 e. The fraction of sp³-hybridized carbons (Fsp3) is 0.667. The van der Waals surface area contributed by atoms with E-state index in [4.69, 9.17) is 9.47 Å². The van der Waals surface area contributed by atoms with Gasteiger partial charge in [-0.05, 0) is 29.9 Å². The zero-order valence-corrected chi connectivity index (χ0v) is 17.7. The number of methoxy groups -OCH3 is 2. The molecule has 2 rings (SSSR count). The number of ether oxygens (including phenoxy) is 2. The number of hydrogen-bond acceptors (Lipinski definition) is 4. The summed E-state index contributed by atoms with van der Waals surface area (Å²) >= 11 is 0. The normalized spacial score (nSPS) is 19.1. The first-order valence-corrected chi connectivity index (χ1v) is 9.74. The monoisotopic (exact) mass is 376 g/mol. The molecule has 0 aromatic heterocycles. The van der Waals surface area contributed by atoms with Gasteiger partial charge in [0.05, 0.1) is 18.9 Å². The Morgan fingerprint density at radius 2 is 2.00 bits per heavy atom. The molecule has 1 aromatic rings. The van der Waals surface area contributed by atoms with E-state index in [1.807, 2.05) is 19.2 Å². The van der Waals surface area contributed by atoms with E-state index in [1.165, 1.54) is 5.69 Å². The van der Waals surface area contributed by atoms with Crippen LogP contribution in [0.5, 0.6) is 5.75 Å². The first-order chi connectivity index (χ1) is 12.9. The number of aliphatic imine (C=N–C) groups is 1. The summed E-state index contributed by atoms with van der Waals surface area (Å²) in [7, 11) is 5.30. The summed E-state index contributed by atoms with van der Waals surface area (Å²) in [4.78, 5) is 6.75. The van der Waals surface area contributed by atoms with Crippen molar-refractivity contribution in [2.75, 3.05) is 52.3 Å². The van der Waals surface area contributed by atoms with E-state index in [0.717, 1.165) is 44.3 Å². The Bertz CT molecular complexity index is 612. The second-order valence-electron chi connectivity index (χ2n) is 8.20. The molecule has 1 saturated heterocycles. The molecule has 0 aliphatic carbocycles. The fourth-order valence-corrected chi connectivity index (χ4v) is 3.50. The van der Waals surface area contributed by atoms with Crippen LogP contribution in [0, 0.1) is 11.3 Å². The van der Waals surface area contributed by atoms with Crippen molar-refractivity contribution >= 4 is 11.6 Å². The van der Waals surface area contributed by atoms with Gasteiger partial charge in [-0.25, -0.2) is 0 Å². The Kier molecular flexibility index (Phi) is 7.78. The molecule has 2 unspecified atom stereocenters. The van der Waals surface area contributed by atoms with Crippen LogP contribution in [0.25, 0.3) is 0 Å². The van der Waals surface area contributed by atoms with Crippen LogP contribution in [0.1, 0.15) is 27.2 Å². The lowest BCUT2D eigenvalue weighted by molar-refractivity contribution is 0.0205. The highest BCUT2D eigenvalue weighted by Gasteiger charge is 2.26. The van der Waals surface area contributed by atoms with Crippen molar-refractivity contribution in [2.24, 2.45) is 16.3 Å². The van der Waals surface area contributed by atoms with Crippen LogP contribution in [0.4, 0.5) is 5.69 Å². The molecule has 2 atom stereocenters. The number of nitrogens with zero attached hydrogens (tertiary/aromatic N) is 2. The van der Waals surface area contributed by atoms with Crippen LogP contribution in [0.2, 0.25) is 0 Å². The van der Waals surface area contributed by atoms with E-state index in [2.05, 4.69) is 53.4 Å². The molecule has 1 fully saturated rings. The average Bonchev–Trinajstić information content (AvgIpc) is 3.12. The van der Waals surface area contributed by atoms with E-state index >= 15 is 0 Å². The van der Waals surface area contributed by atoms with E-state index in [1.54, 1.807) is 14.2 Å². The highest BCUT2D eigenvalue weighted by atomic mass is 16.5. The Morgan fingerprint density at radius 1 is 1.26 bits per heavy atom. The standard InChI is InChI=1S/C21H36N4O2/c1-21(2,3)19(27-6)14-24-20(22-4)23-13-16-11-12-25(15-16)17-9-7-8-10-18(17)26-5/h7-10,16,19H,11-15H2,1-6H3,(H2,22,23,24).